The number of carbonyl (C=O) groups excluding carboxylic acids is 1. The number of anilines is 1. The molecule has 1 aliphatic rings. The lowest BCUT2D eigenvalue weighted by Gasteiger charge is -2.32. The highest BCUT2D eigenvalue weighted by atomic mass is 35.5. The number of sulfonamides is 1. The molecule has 0 radical (unpaired) electrons. The number of halogens is 6. The van der Waals surface area contributed by atoms with Crippen LogP contribution >= 0.6 is 11.6 Å². The number of carbonyl (C=O) groups is 1. The Kier molecular flexibility index (Phi) is 6.66. The highest BCUT2D eigenvalue weighted by molar-refractivity contribution is 8.02. The Labute approximate surface area is 196 Å². The van der Waals surface area contributed by atoms with Gasteiger partial charge in [0.05, 0.1) is 17.5 Å². The monoisotopic (exact) mass is 525 g/mol. The van der Waals surface area contributed by atoms with E-state index in [1.807, 2.05) is 0 Å². The van der Waals surface area contributed by atoms with Crippen molar-refractivity contribution in [3.63, 3.8) is 0 Å². The minimum absolute atomic E-state index is 0.195. The Hall–Kier alpha value is -2.80. The molecule has 0 saturated carbocycles. The third kappa shape index (κ3) is 4.85. The van der Waals surface area contributed by atoms with E-state index >= 15 is 0 Å². The number of hydrogen-bond acceptors (Lipinski definition) is 6. The summed E-state index contributed by atoms with van der Waals surface area (Å²) in [4.78, 5) is 19.3. The van der Waals surface area contributed by atoms with Crippen molar-refractivity contribution in [2.24, 2.45) is 5.41 Å². The Bertz CT molecular complexity index is 1270. The van der Waals surface area contributed by atoms with Crippen LogP contribution in [0.5, 0.6) is 0 Å². The fraction of sp³-hybridized carbons (Fsp3) is 0.350. The van der Waals surface area contributed by atoms with E-state index in [4.69, 9.17) is 16.3 Å². The van der Waals surface area contributed by atoms with Crippen LogP contribution in [0.1, 0.15) is 37.6 Å². The maximum atomic E-state index is 13.5. The third-order valence-corrected chi connectivity index (χ3v) is 6.69. The van der Waals surface area contributed by atoms with Crippen LogP contribution in [0.4, 0.5) is 27.8 Å². The summed E-state index contributed by atoms with van der Waals surface area (Å²) in [5.41, 5.74) is -3.58. The van der Waals surface area contributed by atoms with Crippen molar-refractivity contribution in [3.05, 3.63) is 52.4 Å². The van der Waals surface area contributed by atoms with E-state index in [0.29, 0.717) is 12.1 Å². The van der Waals surface area contributed by atoms with Crippen molar-refractivity contribution < 1.29 is 39.9 Å². The highest BCUT2D eigenvalue weighted by Crippen LogP contribution is 2.46. The molecule has 0 bridgehead atoms. The zero-order valence-electron chi connectivity index (χ0n) is 17.8. The van der Waals surface area contributed by atoms with Crippen molar-refractivity contribution in [2.45, 2.75) is 33.4 Å². The molecule has 0 saturated heterocycles. The van der Waals surface area contributed by atoms with Crippen molar-refractivity contribution in [1.29, 1.82) is 0 Å². The number of benzene rings is 1. The van der Waals surface area contributed by atoms with E-state index in [-0.39, 0.29) is 4.31 Å². The van der Waals surface area contributed by atoms with Gasteiger partial charge in [-0.3, -0.25) is 4.79 Å². The number of fused-ring (bicyclic) bond motifs is 1. The molecule has 2 heterocycles. The second kappa shape index (κ2) is 8.77. The molecule has 0 unspecified atom stereocenters. The van der Waals surface area contributed by atoms with Crippen LogP contribution in [-0.2, 0) is 25.7 Å². The average molecular weight is 526 g/mol. The van der Waals surface area contributed by atoms with Crippen LogP contribution in [0.3, 0.4) is 0 Å². The molecule has 2 aromatic rings. The van der Waals surface area contributed by atoms with Gasteiger partial charge in [-0.05, 0) is 39.0 Å². The van der Waals surface area contributed by atoms with Crippen LogP contribution in [0.25, 0.3) is 10.7 Å². The van der Waals surface area contributed by atoms with Crippen LogP contribution < -0.4 is 4.31 Å². The minimum atomic E-state index is -5.05. The summed E-state index contributed by atoms with van der Waals surface area (Å²) in [7, 11) is -5.05. The Morgan fingerprint density at radius 1 is 1.15 bits per heavy atom. The van der Waals surface area contributed by atoms with Crippen molar-refractivity contribution >= 4 is 44.1 Å². The Balaban J connectivity index is 2.44. The van der Waals surface area contributed by atoms with Crippen molar-refractivity contribution in [3.8, 4) is 0 Å². The summed E-state index contributed by atoms with van der Waals surface area (Å²) in [6, 6.07) is 1.85. The maximum absolute atomic E-state index is 13.5. The minimum Gasteiger partial charge on any atom is -0.422 e. The Morgan fingerprint density at radius 2 is 1.76 bits per heavy atom. The van der Waals surface area contributed by atoms with Crippen LogP contribution in [0.2, 0.25) is 5.02 Å². The molecule has 0 amide bonds. The van der Waals surface area contributed by atoms with Gasteiger partial charge in [-0.15, -0.1) is 0 Å². The van der Waals surface area contributed by atoms with Crippen molar-refractivity contribution in [1.82, 2.24) is 9.97 Å². The predicted octanol–water partition coefficient (Wildman–Crippen LogP) is 4.98. The average Bonchev–Trinajstić information content (AvgIpc) is 2.70. The lowest BCUT2D eigenvalue weighted by Crippen LogP contribution is -2.40. The van der Waals surface area contributed by atoms with Gasteiger partial charge in [-0.2, -0.15) is 13.2 Å². The predicted molar refractivity (Wildman–Crippen MR) is 113 cm³/mol. The maximum Gasteiger partial charge on any atom is 0.416 e. The summed E-state index contributed by atoms with van der Waals surface area (Å²) < 4.78 is 99.3. The van der Waals surface area contributed by atoms with Gasteiger partial charge in [0.2, 0.25) is 0 Å². The number of alkyl halides is 5. The zero-order chi connectivity index (χ0) is 25.6. The molecule has 14 heteroatoms. The number of nitrogens with zero attached hydrogens (tertiary/aromatic N) is 3. The number of aromatic nitrogens is 2. The number of hydrogen-bond donors (Lipinski definition) is 0. The van der Waals surface area contributed by atoms with E-state index in [1.165, 1.54) is 20.8 Å². The molecule has 1 aliphatic heterocycles. The molecule has 0 fully saturated rings. The van der Waals surface area contributed by atoms with Gasteiger partial charge in [0, 0.05) is 23.0 Å². The fourth-order valence-electron chi connectivity index (χ4n) is 2.91. The summed E-state index contributed by atoms with van der Waals surface area (Å²) in [5, 5.41) is -0.458. The number of esters is 1. The first-order chi connectivity index (χ1) is 15.5. The summed E-state index contributed by atoms with van der Waals surface area (Å²) in [6.07, 6.45) is -5.96. The molecule has 0 N–H and O–H groups in total. The molecule has 7 nitrogen and oxygen atoms in total. The third-order valence-electron chi connectivity index (χ3n) is 4.53. The van der Waals surface area contributed by atoms with Gasteiger partial charge in [0.15, 0.2) is 17.3 Å². The standard InChI is InChI=1S/C20H17ClF5N3O4S/c1-19(2,3)18(30)33-15-14-17(28-7-6-27-14)29(9-13(22)23)34(31,32)16(15)11-8-10(20(24,25)26)4-5-12(11)21/h4-8,13H,9H2,1-3H3. The van der Waals surface area contributed by atoms with E-state index in [9.17, 15) is 35.2 Å². The number of rotatable bonds is 4. The summed E-state index contributed by atoms with van der Waals surface area (Å²) in [6.45, 7) is 2.97. The Morgan fingerprint density at radius 3 is 2.32 bits per heavy atom. The molecule has 0 spiro atoms. The first-order valence-corrected chi connectivity index (χ1v) is 11.3. The van der Waals surface area contributed by atoms with Crippen molar-refractivity contribution in [2.75, 3.05) is 10.8 Å². The lowest BCUT2D eigenvalue weighted by atomic mass is 9.97. The normalized spacial score (nSPS) is 16.0. The van der Waals surface area contributed by atoms with Crippen LogP contribution in [-0.4, -0.2) is 37.3 Å². The number of ether oxygens (including phenoxy) is 1. The zero-order valence-corrected chi connectivity index (χ0v) is 19.4. The van der Waals surface area contributed by atoms with Crippen LogP contribution in [0.15, 0.2) is 30.6 Å². The molecular formula is C20H17ClF5N3O4S. The smallest absolute Gasteiger partial charge is 0.416 e. The van der Waals surface area contributed by atoms with E-state index < -0.39 is 78.9 Å². The first-order valence-electron chi connectivity index (χ1n) is 9.51. The molecule has 0 atom stereocenters. The van der Waals surface area contributed by atoms with Gasteiger partial charge in [0.25, 0.3) is 16.4 Å². The van der Waals surface area contributed by atoms with Crippen LogP contribution in [0, 0.1) is 5.41 Å². The molecular weight excluding hydrogens is 509 g/mol. The summed E-state index contributed by atoms with van der Waals surface area (Å²) in [5.74, 6) is -2.31. The SMILES string of the molecule is CC(C)(C)C(=O)OC1=C(c2cc(C(F)(F)F)ccc2Cl)S(=O)(=O)N(CC(F)F)c2nccnc21. The van der Waals surface area contributed by atoms with Gasteiger partial charge in [0.1, 0.15) is 4.91 Å². The largest absolute Gasteiger partial charge is 0.422 e. The second-order valence-corrected chi connectivity index (χ2v) is 10.4. The van der Waals surface area contributed by atoms with E-state index in [2.05, 4.69) is 9.97 Å². The van der Waals surface area contributed by atoms with Gasteiger partial charge in [-0.25, -0.2) is 31.5 Å². The molecule has 0 aliphatic carbocycles. The lowest BCUT2D eigenvalue weighted by molar-refractivity contribution is -0.145. The van der Waals surface area contributed by atoms with Gasteiger partial charge in [-0.1, -0.05) is 11.6 Å². The first kappa shape index (κ1) is 25.8. The van der Waals surface area contributed by atoms with Gasteiger partial charge >= 0.3 is 12.1 Å². The molecule has 1 aromatic heterocycles. The highest BCUT2D eigenvalue weighted by Gasteiger charge is 2.45. The topological polar surface area (TPSA) is 89.5 Å². The van der Waals surface area contributed by atoms with E-state index in [0.717, 1.165) is 18.5 Å². The molecule has 34 heavy (non-hydrogen) atoms. The molecule has 3 rings (SSSR count). The quantitative estimate of drug-likeness (QED) is 0.413. The van der Waals surface area contributed by atoms with E-state index in [1.54, 1.807) is 0 Å². The second-order valence-electron chi connectivity index (χ2n) is 8.15. The van der Waals surface area contributed by atoms with Gasteiger partial charge < -0.3 is 4.74 Å². The molecule has 184 valence electrons. The fourth-order valence-corrected chi connectivity index (χ4v) is 4.89. The summed E-state index contributed by atoms with van der Waals surface area (Å²) >= 11 is 6.07. The molecule has 1 aromatic carbocycles.